The van der Waals surface area contributed by atoms with E-state index in [2.05, 4.69) is 27.0 Å². The van der Waals surface area contributed by atoms with Crippen LogP contribution in [0, 0.1) is 5.92 Å². The molecule has 2 saturated heterocycles. The first-order chi connectivity index (χ1) is 21.4. The number of halogens is 3. The second-order valence-corrected chi connectivity index (χ2v) is 13.5. The van der Waals surface area contributed by atoms with Crippen LogP contribution in [0.1, 0.15) is 64.6 Å². The molecular formula is C31H35F3N6O4S. The van der Waals surface area contributed by atoms with Gasteiger partial charge in [0.15, 0.2) is 0 Å². The van der Waals surface area contributed by atoms with E-state index < -0.39 is 29.0 Å². The molecule has 0 aliphatic carbocycles. The van der Waals surface area contributed by atoms with Crippen LogP contribution in [0.5, 0.6) is 0 Å². The lowest BCUT2D eigenvalue weighted by Gasteiger charge is -2.42. The summed E-state index contributed by atoms with van der Waals surface area (Å²) in [6, 6.07) is 6.38. The van der Waals surface area contributed by atoms with Gasteiger partial charge >= 0.3 is 12.1 Å². The number of hydrogen-bond acceptors (Lipinski definition) is 8. The van der Waals surface area contributed by atoms with E-state index in [9.17, 15) is 27.9 Å². The molecule has 14 heteroatoms. The number of likely N-dealkylation sites (tertiary alicyclic amines) is 1. The number of benzene rings is 1. The van der Waals surface area contributed by atoms with Crippen molar-refractivity contribution in [3.05, 3.63) is 64.2 Å². The van der Waals surface area contributed by atoms with Gasteiger partial charge in [0.25, 0.3) is 5.91 Å². The second-order valence-electron chi connectivity index (χ2n) is 12.4. The Morgan fingerprint density at radius 3 is 2.67 bits per heavy atom. The third kappa shape index (κ3) is 6.59. The van der Waals surface area contributed by atoms with Gasteiger partial charge in [-0.25, -0.2) is 4.98 Å². The minimum Gasteiger partial charge on any atom is -0.481 e. The van der Waals surface area contributed by atoms with Crippen molar-refractivity contribution in [2.45, 2.75) is 62.3 Å². The van der Waals surface area contributed by atoms with Crippen molar-refractivity contribution in [3.8, 4) is 0 Å². The van der Waals surface area contributed by atoms with Gasteiger partial charge in [0.2, 0.25) is 0 Å². The summed E-state index contributed by atoms with van der Waals surface area (Å²) < 4.78 is 50.8. The Bertz CT molecular complexity index is 1610. The van der Waals surface area contributed by atoms with Crippen molar-refractivity contribution >= 4 is 29.5 Å². The summed E-state index contributed by atoms with van der Waals surface area (Å²) in [6.07, 6.45) is -0.564. The molecule has 0 unspecified atom stereocenters. The first-order valence-corrected chi connectivity index (χ1v) is 16.0. The number of hydrogen-bond donors (Lipinski definition) is 1. The zero-order chi connectivity index (χ0) is 31.9. The van der Waals surface area contributed by atoms with Crippen LogP contribution in [-0.2, 0) is 47.7 Å². The SMILES string of the molecule is C[C@H]1CCCN(Cc2cc3c(c(C(F)(F)F)c2)CN(c2cc(C4(Cc5nncn5C)COC4)cc(SCCC(=O)O)n2)C3=O)C1. The molecule has 1 N–H and O–H groups in total. The number of aromatic nitrogens is 4. The number of thioether (sulfide) groups is 1. The van der Waals surface area contributed by atoms with Crippen molar-refractivity contribution in [2.75, 3.05) is 37.0 Å². The fourth-order valence-corrected chi connectivity index (χ4v) is 7.28. The summed E-state index contributed by atoms with van der Waals surface area (Å²) in [5.74, 6) is 0.156. The Hall–Kier alpha value is -3.49. The Kier molecular flexibility index (Phi) is 8.65. The molecule has 1 aromatic carbocycles. The van der Waals surface area contributed by atoms with Gasteiger partial charge in [-0.15, -0.1) is 22.0 Å². The van der Waals surface area contributed by atoms with Crippen LogP contribution in [-0.4, -0.2) is 73.7 Å². The fourth-order valence-electron chi connectivity index (χ4n) is 6.43. The molecule has 240 valence electrons. The Balaban J connectivity index is 1.36. The zero-order valence-electron chi connectivity index (χ0n) is 25.1. The molecule has 1 amide bonds. The number of nitrogens with zero attached hydrogens (tertiary/aromatic N) is 6. The molecule has 0 spiro atoms. The summed E-state index contributed by atoms with van der Waals surface area (Å²) in [7, 11) is 1.84. The second kappa shape index (κ2) is 12.4. The average molecular weight is 645 g/mol. The molecule has 10 nitrogen and oxygen atoms in total. The number of pyridine rings is 1. The van der Waals surface area contributed by atoms with Gasteiger partial charge < -0.3 is 14.4 Å². The first-order valence-electron chi connectivity index (χ1n) is 15.0. The Labute approximate surface area is 263 Å². The lowest BCUT2D eigenvalue weighted by molar-refractivity contribution is -0.138. The third-order valence-electron chi connectivity index (χ3n) is 8.86. The van der Waals surface area contributed by atoms with Crippen molar-refractivity contribution in [2.24, 2.45) is 13.0 Å². The van der Waals surface area contributed by atoms with Crippen LogP contribution in [0.2, 0.25) is 0 Å². The standard InChI is InChI=1S/C31H35F3N6O4S/c1-19-4-3-6-39(13-19)14-20-8-22-23(24(9-20)31(32,33)34)15-40(29(22)43)25-10-21(11-27(36-25)45-7-5-28(41)42)30(16-44-17-30)12-26-37-35-18-38(26)2/h8-11,18-19H,3-7,12-17H2,1-2H3,(H,41,42)/t19-/m0/s1. The highest BCUT2D eigenvalue weighted by Crippen LogP contribution is 2.42. The number of carbonyl (C=O) groups is 2. The number of aryl methyl sites for hydroxylation is 1. The minimum atomic E-state index is -4.64. The highest BCUT2D eigenvalue weighted by Gasteiger charge is 2.44. The van der Waals surface area contributed by atoms with Gasteiger partial charge in [-0.3, -0.25) is 19.4 Å². The number of carbonyl (C=O) groups excluding carboxylic acids is 1. The van der Waals surface area contributed by atoms with E-state index in [0.29, 0.717) is 42.7 Å². The Morgan fingerprint density at radius 1 is 1.22 bits per heavy atom. The summed E-state index contributed by atoms with van der Waals surface area (Å²) in [5, 5.41) is 17.8. The molecule has 2 fully saturated rings. The van der Waals surface area contributed by atoms with Gasteiger partial charge in [0.05, 0.1) is 36.8 Å². The smallest absolute Gasteiger partial charge is 0.416 e. The number of carboxylic acid groups (broad SMARTS) is 1. The normalized spacial score (nSPS) is 19.9. The highest BCUT2D eigenvalue weighted by molar-refractivity contribution is 7.99. The molecule has 2 aromatic heterocycles. The van der Waals surface area contributed by atoms with E-state index in [-0.39, 0.29) is 35.7 Å². The number of piperidine rings is 1. The average Bonchev–Trinajstić information content (AvgIpc) is 3.51. The van der Waals surface area contributed by atoms with Gasteiger partial charge in [-0.05, 0) is 66.3 Å². The number of fused-ring (bicyclic) bond motifs is 1. The maximum absolute atomic E-state index is 14.4. The number of anilines is 1. The molecule has 3 aliphatic heterocycles. The topological polar surface area (TPSA) is 114 Å². The molecule has 0 saturated carbocycles. The largest absolute Gasteiger partial charge is 0.481 e. The van der Waals surface area contributed by atoms with Gasteiger partial charge in [0.1, 0.15) is 18.0 Å². The number of aliphatic carboxylic acids is 1. The third-order valence-corrected chi connectivity index (χ3v) is 9.77. The highest BCUT2D eigenvalue weighted by atomic mass is 32.2. The minimum absolute atomic E-state index is 0.0398. The molecule has 3 aliphatic rings. The molecular weight excluding hydrogens is 609 g/mol. The van der Waals surface area contributed by atoms with Gasteiger partial charge in [-0.2, -0.15) is 13.2 Å². The number of carboxylic acids is 1. The fraction of sp³-hybridized carbons (Fsp3) is 0.516. The van der Waals surface area contributed by atoms with Crippen LogP contribution in [0.25, 0.3) is 0 Å². The molecule has 0 bridgehead atoms. The predicted molar refractivity (Wildman–Crippen MR) is 160 cm³/mol. The maximum atomic E-state index is 14.4. The summed E-state index contributed by atoms with van der Waals surface area (Å²) in [4.78, 5) is 33.2. The zero-order valence-corrected chi connectivity index (χ0v) is 26.0. The quantitative estimate of drug-likeness (QED) is 0.314. The molecule has 0 radical (unpaired) electrons. The van der Waals surface area contributed by atoms with Gasteiger partial charge in [-0.1, -0.05) is 6.92 Å². The summed E-state index contributed by atoms with van der Waals surface area (Å²) in [6.45, 7) is 4.56. The van der Waals surface area contributed by atoms with E-state index in [0.717, 1.165) is 37.3 Å². The van der Waals surface area contributed by atoms with E-state index in [1.807, 2.05) is 17.7 Å². The van der Waals surface area contributed by atoms with E-state index in [4.69, 9.17) is 4.74 Å². The summed E-state index contributed by atoms with van der Waals surface area (Å²) in [5.41, 5.74) is -0.0828. The number of ether oxygens (including phenoxy) is 1. The molecule has 6 rings (SSSR count). The molecule has 45 heavy (non-hydrogen) atoms. The molecule has 1 atom stereocenters. The maximum Gasteiger partial charge on any atom is 0.416 e. The number of amides is 1. The van der Waals surface area contributed by atoms with Crippen molar-refractivity contribution < 1.29 is 32.6 Å². The Morgan fingerprint density at radius 2 is 2.02 bits per heavy atom. The van der Waals surface area contributed by atoms with E-state index in [1.165, 1.54) is 22.7 Å². The summed E-state index contributed by atoms with van der Waals surface area (Å²) >= 11 is 1.22. The predicted octanol–water partition coefficient (Wildman–Crippen LogP) is 4.70. The van der Waals surface area contributed by atoms with Crippen LogP contribution in [0.4, 0.5) is 19.0 Å². The van der Waals surface area contributed by atoms with E-state index in [1.54, 1.807) is 18.5 Å². The van der Waals surface area contributed by atoms with Gasteiger partial charge in [0, 0.05) is 43.3 Å². The number of rotatable bonds is 10. The van der Waals surface area contributed by atoms with E-state index >= 15 is 0 Å². The lowest BCUT2D eigenvalue weighted by Crippen LogP contribution is -2.49. The van der Waals surface area contributed by atoms with Crippen molar-refractivity contribution in [1.29, 1.82) is 0 Å². The monoisotopic (exact) mass is 644 g/mol. The van der Waals surface area contributed by atoms with Crippen LogP contribution in [0.3, 0.4) is 0 Å². The molecule has 3 aromatic rings. The number of alkyl halides is 3. The van der Waals surface area contributed by atoms with Crippen molar-refractivity contribution in [1.82, 2.24) is 24.6 Å². The van der Waals surface area contributed by atoms with Crippen LogP contribution >= 0.6 is 11.8 Å². The lowest BCUT2D eigenvalue weighted by atomic mass is 9.76. The van der Waals surface area contributed by atoms with Crippen LogP contribution in [0.15, 0.2) is 35.6 Å². The first kappa shape index (κ1) is 31.5. The van der Waals surface area contributed by atoms with Crippen molar-refractivity contribution in [3.63, 3.8) is 0 Å². The molecule has 5 heterocycles. The van der Waals surface area contributed by atoms with Crippen LogP contribution < -0.4 is 4.90 Å².